The third-order valence-corrected chi connectivity index (χ3v) is 4.40. The Labute approximate surface area is 138 Å². The number of carbonyl (C=O) groups is 1. The number of aromatic nitrogens is 2. The second-order valence-corrected chi connectivity index (χ2v) is 6.42. The van der Waals surface area contributed by atoms with Crippen molar-refractivity contribution in [1.82, 2.24) is 9.38 Å². The zero-order valence-corrected chi connectivity index (χ0v) is 13.9. The van der Waals surface area contributed by atoms with Crippen LogP contribution in [0.1, 0.15) is 22.8 Å². The molecule has 3 aromatic rings. The first-order valence-electron chi connectivity index (χ1n) is 7.37. The van der Waals surface area contributed by atoms with E-state index >= 15 is 0 Å². The fourth-order valence-electron chi connectivity index (χ4n) is 2.39. The summed E-state index contributed by atoms with van der Waals surface area (Å²) in [6, 6.07) is 11.2. The molecule has 2 aromatic heterocycles. The van der Waals surface area contributed by atoms with E-state index in [2.05, 4.69) is 17.2 Å². The molecule has 0 radical (unpaired) electrons. The molecule has 0 aliphatic rings. The van der Waals surface area contributed by atoms with Gasteiger partial charge in [-0.2, -0.15) is 0 Å². The van der Waals surface area contributed by atoms with Crippen molar-refractivity contribution in [3.8, 4) is 0 Å². The predicted octanol–water partition coefficient (Wildman–Crippen LogP) is 3.59. The Morgan fingerprint density at radius 1 is 1.35 bits per heavy atom. The molecule has 0 aliphatic heterocycles. The molecule has 1 aromatic carbocycles. The lowest BCUT2D eigenvalue weighted by atomic mass is 10.1. The first kappa shape index (κ1) is 15.4. The maximum Gasteiger partial charge on any atom is 0.258 e. The summed E-state index contributed by atoms with van der Waals surface area (Å²) in [5.41, 5.74) is 8.71. The molecule has 118 valence electrons. The highest BCUT2D eigenvalue weighted by Gasteiger charge is 2.16. The van der Waals surface area contributed by atoms with Gasteiger partial charge in [-0.1, -0.05) is 19.1 Å². The number of imidazole rings is 1. The fourth-order valence-corrected chi connectivity index (χ4v) is 3.19. The number of fused-ring (bicyclic) bond motifs is 1. The van der Waals surface area contributed by atoms with Crippen LogP contribution in [0.2, 0.25) is 0 Å². The van der Waals surface area contributed by atoms with Crippen molar-refractivity contribution in [3.05, 3.63) is 53.7 Å². The van der Waals surface area contributed by atoms with Crippen LogP contribution in [0.4, 0.5) is 11.5 Å². The van der Waals surface area contributed by atoms with E-state index in [0.717, 1.165) is 22.0 Å². The van der Waals surface area contributed by atoms with Gasteiger partial charge in [0, 0.05) is 11.9 Å². The summed E-state index contributed by atoms with van der Waals surface area (Å²) in [7, 11) is 0. The Kier molecular flexibility index (Phi) is 4.25. The Bertz CT molecular complexity index is 872. The Morgan fingerprint density at radius 2 is 2.17 bits per heavy atom. The lowest BCUT2D eigenvalue weighted by Gasteiger charge is -2.08. The minimum atomic E-state index is -0.246. The molecule has 0 saturated carbocycles. The van der Waals surface area contributed by atoms with E-state index in [1.54, 1.807) is 23.9 Å². The molecule has 0 aliphatic carbocycles. The molecule has 23 heavy (non-hydrogen) atoms. The van der Waals surface area contributed by atoms with E-state index in [0.29, 0.717) is 17.1 Å². The molecule has 0 unspecified atom stereocenters. The highest BCUT2D eigenvalue weighted by atomic mass is 32.2. The predicted molar refractivity (Wildman–Crippen MR) is 95.1 cm³/mol. The van der Waals surface area contributed by atoms with Gasteiger partial charge in [-0.15, -0.1) is 11.8 Å². The van der Waals surface area contributed by atoms with Gasteiger partial charge < -0.3 is 11.1 Å². The summed E-state index contributed by atoms with van der Waals surface area (Å²) in [6.07, 6.45) is 1.94. The number of carbonyl (C=O) groups excluding carboxylic acids is 1. The van der Waals surface area contributed by atoms with Crippen molar-refractivity contribution in [1.29, 1.82) is 0 Å². The zero-order chi connectivity index (χ0) is 16.4. The van der Waals surface area contributed by atoms with Crippen molar-refractivity contribution >= 4 is 34.8 Å². The van der Waals surface area contributed by atoms with Crippen molar-refractivity contribution in [2.45, 2.75) is 18.9 Å². The number of hydrogen-bond donors (Lipinski definition) is 2. The molecule has 0 bridgehead atoms. The van der Waals surface area contributed by atoms with E-state index in [1.807, 2.05) is 41.8 Å². The van der Waals surface area contributed by atoms with Crippen LogP contribution in [0, 0.1) is 6.92 Å². The van der Waals surface area contributed by atoms with Crippen molar-refractivity contribution in [2.75, 3.05) is 16.8 Å². The molecular formula is C17H18N4OS. The number of thioether (sulfide) groups is 1. The Balaban J connectivity index is 1.97. The molecule has 3 rings (SSSR count). The average Bonchev–Trinajstić information content (AvgIpc) is 2.85. The third kappa shape index (κ3) is 3.03. The SMILES string of the molecule is CCSc1c(NC(=O)c2ccc(C)cc2N)nc2ccccn12. The van der Waals surface area contributed by atoms with Crippen LogP contribution in [0.3, 0.4) is 0 Å². The fraction of sp³-hybridized carbons (Fsp3) is 0.176. The quantitative estimate of drug-likeness (QED) is 0.568. The number of hydrogen-bond acceptors (Lipinski definition) is 4. The molecular weight excluding hydrogens is 308 g/mol. The molecule has 2 heterocycles. The molecule has 5 nitrogen and oxygen atoms in total. The smallest absolute Gasteiger partial charge is 0.258 e. The molecule has 3 N–H and O–H groups in total. The van der Waals surface area contributed by atoms with Crippen LogP contribution < -0.4 is 11.1 Å². The van der Waals surface area contributed by atoms with Crippen LogP contribution in [0.5, 0.6) is 0 Å². The number of rotatable bonds is 4. The van der Waals surface area contributed by atoms with Crippen LogP contribution in [-0.4, -0.2) is 21.0 Å². The van der Waals surface area contributed by atoms with Gasteiger partial charge in [0.05, 0.1) is 5.56 Å². The summed E-state index contributed by atoms with van der Waals surface area (Å²) in [5, 5.41) is 3.81. The molecule has 1 amide bonds. The van der Waals surface area contributed by atoms with Crippen LogP contribution in [0.25, 0.3) is 5.65 Å². The number of amides is 1. The highest BCUT2D eigenvalue weighted by molar-refractivity contribution is 7.99. The number of nitrogens with one attached hydrogen (secondary N) is 1. The van der Waals surface area contributed by atoms with Crippen molar-refractivity contribution in [2.24, 2.45) is 0 Å². The van der Waals surface area contributed by atoms with Crippen LogP contribution >= 0.6 is 11.8 Å². The number of benzene rings is 1. The molecule has 0 spiro atoms. The molecule has 0 fully saturated rings. The van der Waals surface area contributed by atoms with Crippen molar-refractivity contribution < 1.29 is 4.79 Å². The van der Waals surface area contributed by atoms with E-state index in [1.165, 1.54) is 0 Å². The minimum absolute atomic E-state index is 0.246. The van der Waals surface area contributed by atoms with Gasteiger partial charge in [-0.05, 0) is 42.5 Å². The zero-order valence-electron chi connectivity index (χ0n) is 13.0. The topological polar surface area (TPSA) is 72.4 Å². The van der Waals surface area contributed by atoms with E-state index < -0.39 is 0 Å². The minimum Gasteiger partial charge on any atom is -0.398 e. The van der Waals surface area contributed by atoms with Gasteiger partial charge in [-0.3, -0.25) is 9.20 Å². The summed E-state index contributed by atoms with van der Waals surface area (Å²) in [4.78, 5) is 17.0. The molecule has 0 saturated heterocycles. The number of anilines is 2. The van der Waals surface area contributed by atoms with Gasteiger partial charge in [-0.25, -0.2) is 4.98 Å². The lowest BCUT2D eigenvalue weighted by molar-refractivity contribution is 0.102. The van der Waals surface area contributed by atoms with Crippen LogP contribution in [-0.2, 0) is 0 Å². The first-order chi connectivity index (χ1) is 11.1. The summed E-state index contributed by atoms with van der Waals surface area (Å²) in [5.74, 6) is 1.20. The Morgan fingerprint density at radius 3 is 2.91 bits per heavy atom. The summed E-state index contributed by atoms with van der Waals surface area (Å²) in [6.45, 7) is 4.01. The normalized spacial score (nSPS) is 10.9. The number of nitrogen functional groups attached to an aromatic ring is 1. The number of nitrogens with two attached hydrogens (primary N) is 1. The summed E-state index contributed by atoms with van der Waals surface area (Å²) < 4.78 is 1.97. The molecule has 6 heteroatoms. The Hall–Kier alpha value is -2.47. The second kappa shape index (κ2) is 6.34. The van der Waals surface area contributed by atoms with Crippen LogP contribution in [0.15, 0.2) is 47.6 Å². The summed E-state index contributed by atoms with van der Waals surface area (Å²) >= 11 is 1.64. The van der Waals surface area contributed by atoms with Crippen molar-refractivity contribution in [3.63, 3.8) is 0 Å². The van der Waals surface area contributed by atoms with Gasteiger partial charge >= 0.3 is 0 Å². The van der Waals surface area contributed by atoms with Gasteiger partial charge in [0.25, 0.3) is 5.91 Å². The maximum absolute atomic E-state index is 12.5. The van der Waals surface area contributed by atoms with E-state index in [4.69, 9.17) is 5.73 Å². The van der Waals surface area contributed by atoms with Gasteiger partial charge in [0.2, 0.25) is 0 Å². The maximum atomic E-state index is 12.5. The van der Waals surface area contributed by atoms with Gasteiger partial charge in [0.1, 0.15) is 10.7 Å². The monoisotopic (exact) mass is 326 g/mol. The van der Waals surface area contributed by atoms with Gasteiger partial charge in [0.15, 0.2) is 5.82 Å². The second-order valence-electron chi connectivity index (χ2n) is 5.17. The lowest BCUT2D eigenvalue weighted by Crippen LogP contribution is -2.15. The number of aryl methyl sites for hydroxylation is 1. The molecule has 0 atom stereocenters. The first-order valence-corrected chi connectivity index (χ1v) is 8.36. The number of nitrogens with zero attached hydrogens (tertiary/aromatic N) is 2. The average molecular weight is 326 g/mol. The largest absolute Gasteiger partial charge is 0.398 e. The van der Waals surface area contributed by atoms with E-state index in [-0.39, 0.29) is 5.91 Å². The third-order valence-electron chi connectivity index (χ3n) is 3.45. The number of pyridine rings is 1. The highest BCUT2D eigenvalue weighted by Crippen LogP contribution is 2.28. The van der Waals surface area contributed by atoms with E-state index in [9.17, 15) is 4.79 Å². The standard InChI is InChI=1S/C17H18N4OS/c1-3-23-17-15(19-14-6-4-5-9-21(14)17)20-16(22)12-8-7-11(2)10-13(12)18/h4-10H,3,18H2,1-2H3,(H,20,22).